The maximum atomic E-state index is 6.22. The summed E-state index contributed by atoms with van der Waals surface area (Å²) >= 11 is 0. The summed E-state index contributed by atoms with van der Waals surface area (Å²) in [6, 6.07) is 10.1. The third-order valence-electron chi connectivity index (χ3n) is 5.55. The van der Waals surface area contributed by atoms with Gasteiger partial charge in [-0.05, 0) is 56.1 Å². The first-order valence-electron chi connectivity index (χ1n) is 8.89. The fourth-order valence-corrected chi connectivity index (χ4v) is 4.31. The lowest BCUT2D eigenvalue weighted by molar-refractivity contribution is 0.243. The lowest BCUT2D eigenvalue weighted by Crippen LogP contribution is -2.47. The van der Waals surface area contributed by atoms with Crippen LogP contribution in [0.2, 0.25) is 0 Å². The van der Waals surface area contributed by atoms with Gasteiger partial charge in [0.15, 0.2) is 0 Å². The molecular weight excluding hydrogens is 256 g/mol. The van der Waals surface area contributed by atoms with Crippen molar-refractivity contribution in [3.05, 3.63) is 29.8 Å². The van der Waals surface area contributed by atoms with Gasteiger partial charge in [0.1, 0.15) is 0 Å². The van der Waals surface area contributed by atoms with Crippen LogP contribution in [0.5, 0.6) is 0 Å². The highest BCUT2D eigenvalue weighted by Gasteiger charge is 2.33. The van der Waals surface area contributed by atoms with E-state index in [0.717, 1.165) is 24.8 Å². The summed E-state index contributed by atoms with van der Waals surface area (Å²) in [7, 11) is 0. The van der Waals surface area contributed by atoms with E-state index in [2.05, 4.69) is 36.1 Å². The van der Waals surface area contributed by atoms with Gasteiger partial charge in [0.25, 0.3) is 0 Å². The number of benzene rings is 1. The van der Waals surface area contributed by atoms with Crippen molar-refractivity contribution in [3.8, 4) is 0 Å². The zero-order chi connectivity index (χ0) is 14.7. The third-order valence-corrected chi connectivity index (χ3v) is 5.55. The first-order chi connectivity index (χ1) is 10.3. The van der Waals surface area contributed by atoms with E-state index in [1.807, 2.05) is 0 Å². The van der Waals surface area contributed by atoms with Crippen LogP contribution in [-0.2, 0) is 6.42 Å². The van der Waals surface area contributed by atoms with E-state index in [1.54, 1.807) is 0 Å². The van der Waals surface area contributed by atoms with Crippen molar-refractivity contribution >= 4 is 5.69 Å². The monoisotopic (exact) mass is 286 g/mol. The molecule has 1 saturated carbocycles. The quantitative estimate of drug-likeness (QED) is 0.902. The molecule has 0 aromatic heterocycles. The van der Waals surface area contributed by atoms with Gasteiger partial charge in [-0.25, -0.2) is 0 Å². The highest BCUT2D eigenvalue weighted by molar-refractivity contribution is 5.55. The Morgan fingerprint density at radius 1 is 1.14 bits per heavy atom. The number of fused-ring (bicyclic) bond motifs is 1. The molecule has 1 aliphatic heterocycles. The van der Waals surface area contributed by atoms with Gasteiger partial charge in [-0.2, -0.15) is 0 Å². The van der Waals surface area contributed by atoms with Crippen molar-refractivity contribution in [1.82, 2.24) is 0 Å². The molecule has 0 bridgehead atoms. The average molecular weight is 286 g/mol. The van der Waals surface area contributed by atoms with E-state index >= 15 is 0 Å². The summed E-state index contributed by atoms with van der Waals surface area (Å²) in [6.07, 6.45) is 10.6. The van der Waals surface area contributed by atoms with Crippen molar-refractivity contribution in [2.75, 3.05) is 11.4 Å². The minimum absolute atomic E-state index is 0.290. The lowest BCUT2D eigenvalue weighted by Gasteiger charge is -2.46. The Labute approximate surface area is 129 Å². The number of piperidine rings is 1. The molecule has 0 radical (unpaired) electrons. The van der Waals surface area contributed by atoms with Crippen LogP contribution in [-0.4, -0.2) is 18.6 Å². The largest absolute Gasteiger partial charge is 0.368 e. The van der Waals surface area contributed by atoms with Gasteiger partial charge in [0.2, 0.25) is 0 Å². The molecule has 2 heteroatoms. The van der Waals surface area contributed by atoms with Crippen LogP contribution in [0.25, 0.3) is 0 Å². The Balaban J connectivity index is 1.84. The second-order valence-corrected chi connectivity index (χ2v) is 6.95. The molecule has 2 aliphatic rings. The second-order valence-electron chi connectivity index (χ2n) is 6.95. The van der Waals surface area contributed by atoms with Crippen LogP contribution < -0.4 is 10.6 Å². The van der Waals surface area contributed by atoms with Crippen LogP contribution in [0.3, 0.4) is 0 Å². The molecular formula is C19H30N2. The smallest absolute Gasteiger partial charge is 0.0401 e. The molecule has 1 aromatic rings. The Morgan fingerprint density at radius 3 is 2.76 bits per heavy atom. The fourth-order valence-electron chi connectivity index (χ4n) is 4.31. The zero-order valence-electron chi connectivity index (χ0n) is 13.4. The van der Waals surface area contributed by atoms with E-state index in [4.69, 9.17) is 5.73 Å². The maximum Gasteiger partial charge on any atom is 0.0401 e. The highest BCUT2D eigenvalue weighted by atomic mass is 15.2. The Hall–Kier alpha value is -1.02. The standard InChI is InChI=1S/C19H30N2/c1-2-17(20)14-16-9-4-6-12-19(16)21-13-7-10-15-8-3-5-11-18(15)21/h4,6,9,12,15,17-18H,2-3,5,7-8,10-11,13-14,20H2,1H3. The van der Waals surface area contributed by atoms with E-state index in [0.29, 0.717) is 0 Å². The first kappa shape index (κ1) is 14.9. The van der Waals surface area contributed by atoms with Crippen molar-refractivity contribution in [1.29, 1.82) is 0 Å². The minimum Gasteiger partial charge on any atom is -0.368 e. The molecule has 1 aromatic carbocycles. The minimum atomic E-state index is 0.290. The van der Waals surface area contributed by atoms with Gasteiger partial charge in [-0.1, -0.05) is 38.0 Å². The lowest BCUT2D eigenvalue weighted by atomic mass is 9.78. The van der Waals surface area contributed by atoms with E-state index in [9.17, 15) is 0 Å². The van der Waals surface area contributed by atoms with Crippen molar-refractivity contribution < 1.29 is 0 Å². The number of nitrogens with zero attached hydrogens (tertiary/aromatic N) is 1. The molecule has 1 saturated heterocycles. The van der Waals surface area contributed by atoms with Gasteiger partial charge in [0, 0.05) is 24.3 Å². The molecule has 0 spiro atoms. The molecule has 21 heavy (non-hydrogen) atoms. The molecule has 0 amide bonds. The molecule has 3 rings (SSSR count). The number of rotatable bonds is 4. The van der Waals surface area contributed by atoms with E-state index in [1.165, 1.54) is 56.3 Å². The van der Waals surface area contributed by atoms with Gasteiger partial charge in [-0.3, -0.25) is 0 Å². The molecule has 3 unspecified atom stereocenters. The number of anilines is 1. The van der Waals surface area contributed by atoms with Gasteiger partial charge in [-0.15, -0.1) is 0 Å². The Kier molecular flexibility index (Phi) is 4.84. The predicted molar refractivity (Wildman–Crippen MR) is 90.7 cm³/mol. The first-order valence-corrected chi connectivity index (χ1v) is 8.89. The number of para-hydroxylation sites is 1. The van der Waals surface area contributed by atoms with Gasteiger partial charge >= 0.3 is 0 Å². The van der Waals surface area contributed by atoms with Crippen molar-refractivity contribution in [3.63, 3.8) is 0 Å². The van der Waals surface area contributed by atoms with Gasteiger partial charge in [0.05, 0.1) is 0 Å². The number of hydrogen-bond acceptors (Lipinski definition) is 2. The van der Waals surface area contributed by atoms with E-state index < -0.39 is 0 Å². The maximum absolute atomic E-state index is 6.22. The van der Waals surface area contributed by atoms with Crippen LogP contribution in [0.15, 0.2) is 24.3 Å². The molecule has 2 N–H and O–H groups in total. The zero-order valence-corrected chi connectivity index (χ0v) is 13.4. The van der Waals surface area contributed by atoms with Crippen LogP contribution >= 0.6 is 0 Å². The number of nitrogens with two attached hydrogens (primary N) is 1. The third kappa shape index (κ3) is 3.26. The average Bonchev–Trinajstić information content (AvgIpc) is 2.55. The molecule has 116 valence electrons. The molecule has 2 nitrogen and oxygen atoms in total. The molecule has 2 fully saturated rings. The van der Waals surface area contributed by atoms with Crippen molar-refractivity contribution in [2.24, 2.45) is 11.7 Å². The summed E-state index contributed by atoms with van der Waals surface area (Å²) in [6.45, 7) is 3.42. The normalized spacial score (nSPS) is 27.2. The summed E-state index contributed by atoms with van der Waals surface area (Å²) in [5.74, 6) is 0.931. The Morgan fingerprint density at radius 2 is 1.90 bits per heavy atom. The predicted octanol–water partition coefficient (Wildman–Crippen LogP) is 4.13. The second kappa shape index (κ2) is 6.83. The van der Waals surface area contributed by atoms with Crippen molar-refractivity contribution in [2.45, 2.75) is 70.4 Å². The van der Waals surface area contributed by atoms with Crippen LogP contribution in [0.4, 0.5) is 5.69 Å². The summed E-state index contributed by atoms with van der Waals surface area (Å²) in [4.78, 5) is 2.73. The van der Waals surface area contributed by atoms with Gasteiger partial charge < -0.3 is 10.6 Å². The number of hydrogen-bond donors (Lipinski definition) is 1. The molecule has 1 aliphatic carbocycles. The topological polar surface area (TPSA) is 29.3 Å². The summed E-state index contributed by atoms with van der Waals surface area (Å²) < 4.78 is 0. The molecule has 3 atom stereocenters. The highest BCUT2D eigenvalue weighted by Crippen LogP contribution is 2.38. The summed E-state index contributed by atoms with van der Waals surface area (Å²) in [5.41, 5.74) is 9.14. The van der Waals surface area contributed by atoms with E-state index in [-0.39, 0.29) is 6.04 Å². The molecule has 1 heterocycles. The van der Waals surface area contributed by atoms with Crippen LogP contribution in [0, 0.1) is 5.92 Å². The fraction of sp³-hybridized carbons (Fsp3) is 0.684. The Bertz CT molecular complexity index is 455. The summed E-state index contributed by atoms with van der Waals surface area (Å²) in [5, 5.41) is 0. The van der Waals surface area contributed by atoms with Crippen LogP contribution in [0.1, 0.15) is 57.4 Å². The SMILES string of the molecule is CCC(N)Cc1ccccc1N1CCCC2CCCCC21.